The highest BCUT2D eigenvalue weighted by molar-refractivity contribution is 7.91. The first-order chi connectivity index (χ1) is 9.91. The molecular weight excluding hydrogens is 312 g/mol. The fraction of sp³-hybridized carbons (Fsp3) is 0.0714. The van der Waals surface area contributed by atoms with Crippen LogP contribution in [-0.2, 0) is 15.8 Å². The van der Waals surface area contributed by atoms with Crippen molar-refractivity contribution in [1.82, 2.24) is 0 Å². The van der Waals surface area contributed by atoms with Gasteiger partial charge in [0, 0.05) is 11.1 Å². The Morgan fingerprint density at radius 1 is 1.24 bits per heavy atom. The monoisotopic (exact) mass is 322 g/mol. The number of benzene rings is 2. The van der Waals surface area contributed by atoms with Crippen molar-refractivity contribution in [3.05, 3.63) is 58.6 Å². The van der Waals surface area contributed by atoms with E-state index in [0.29, 0.717) is 16.1 Å². The molecule has 7 heteroatoms. The van der Waals surface area contributed by atoms with Gasteiger partial charge in [-0.3, -0.25) is 4.72 Å². The first-order valence-corrected chi connectivity index (χ1v) is 7.91. The fourth-order valence-corrected chi connectivity index (χ4v) is 3.16. The van der Waals surface area contributed by atoms with Crippen LogP contribution in [0.5, 0.6) is 5.75 Å². The van der Waals surface area contributed by atoms with Gasteiger partial charge in [0.15, 0.2) is 0 Å². The van der Waals surface area contributed by atoms with E-state index in [0.717, 1.165) is 0 Å². The van der Waals surface area contributed by atoms with Crippen molar-refractivity contribution in [3.63, 3.8) is 0 Å². The average molecular weight is 323 g/mol. The first-order valence-electron chi connectivity index (χ1n) is 5.88. The number of nitriles is 1. The average Bonchev–Trinajstić information content (AvgIpc) is 2.42. The second-order valence-corrected chi connectivity index (χ2v) is 6.45. The summed E-state index contributed by atoms with van der Waals surface area (Å²) in [4.78, 5) is 0. The highest BCUT2D eigenvalue weighted by Gasteiger charge is 2.16. The number of sulfonamides is 1. The Bertz CT molecular complexity index is 813. The second-order valence-electron chi connectivity index (χ2n) is 4.29. The lowest BCUT2D eigenvalue weighted by atomic mass is 10.1. The van der Waals surface area contributed by atoms with Crippen molar-refractivity contribution in [3.8, 4) is 11.8 Å². The van der Waals surface area contributed by atoms with E-state index in [2.05, 4.69) is 4.72 Å². The minimum atomic E-state index is -3.76. The summed E-state index contributed by atoms with van der Waals surface area (Å²) < 4.78 is 26.5. The maximum atomic E-state index is 12.1. The van der Waals surface area contributed by atoms with Crippen LogP contribution in [0.25, 0.3) is 0 Å². The van der Waals surface area contributed by atoms with Crippen LogP contribution in [0.3, 0.4) is 0 Å². The number of rotatable bonds is 4. The maximum Gasteiger partial charge on any atom is 0.237 e. The number of nitrogens with one attached hydrogen (secondary N) is 1. The molecule has 0 saturated heterocycles. The minimum absolute atomic E-state index is 0.0360. The zero-order chi connectivity index (χ0) is 15.5. The topological polar surface area (TPSA) is 90.2 Å². The standard InChI is InChI=1S/C14H11ClN2O3S/c15-12-5-6-13(14(18)7-12)17-21(19,20)9-11-4-2-1-3-10(11)8-16/h1-7,17-18H,9H2. The van der Waals surface area contributed by atoms with Crippen LogP contribution in [0.4, 0.5) is 5.69 Å². The Labute approximate surface area is 127 Å². The zero-order valence-electron chi connectivity index (χ0n) is 10.7. The van der Waals surface area contributed by atoms with Gasteiger partial charge >= 0.3 is 0 Å². The number of nitrogens with zero attached hydrogens (tertiary/aromatic N) is 1. The Hall–Kier alpha value is -2.23. The summed E-state index contributed by atoms with van der Waals surface area (Å²) in [6.45, 7) is 0. The lowest BCUT2D eigenvalue weighted by molar-refractivity contribution is 0.477. The molecule has 0 aliphatic heterocycles. The minimum Gasteiger partial charge on any atom is -0.506 e. The van der Waals surface area contributed by atoms with E-state index < -0.39 is 10.0 Å². The molecule has 2 N–H and O–H groups in total. The molecule has 108 valence electrons. The summed E-state index contributed by atoms with van der Waals surface area (Å²) in [5, 5.41) is 18.9. The summed E-state index contributed by atoms with van der Waals surface area (Å²) >= 11 is 5.68. The van der Waals surface area contributed by atoms with E-state index in [1.165, 1.54) is 18.2 Å². The first kappa shape index (κ1) is 15.2. The summed E-state index contributed by atoms with van der Waals surface area (Å²) in [5.41, 5.74) is 0.720. The number of hydrogen-bond donors (Lipinski definition) is 2. The molecule has 0 saturated carbocycles. The van der Waals surface area contributed by atoms with Crippen molar-refractivity contribution >= 4 is 27.3 Å². The highest BCUT2D eigenvalue weighted by Crippen LogP contribution is 2.28. The van der Waals surface area contributed by atoms with Crippen LogP contribution in [0, 0.1) is 11.3 Å². The molecule has 0 aromatic heterocycles. The molecule has 2 aromatic rings. The molecule has 0 unspecified atom stereocenters. The van der Waals surface area contributed by atoms with Gasteiger partial charge in [-0.1, -0.05) is 29.8 Å². The predicted octanol–water partition coefficient (Wildman–Crippen LogP) is 2.86. The molecule has 0 atom stereocenters. The molecule has 0 amide bonds. The van der Waals surface area contributed by atoms with Gasteiger partial charge in [0.1, 0.15) is 5.75 Å². The highest BCUT2D eigenvalue weighted by atomic mass is 35.5. The molecule has 0 heterocycles. The normalized spacial score (nSPS) is 10.9. The van der Waals surface area contributed by atoms with Gasteiger partial charge in [0.25, 0.3) is 0 Å². The van der Waals surface area contributed by atoms with Crippen LogP contribution in [0.1, 0.15) is 11.1 Å². The van der Waals surface area contributed by atoms with Crippen molar-refractivity contribution in [2.45, 2.75) is 5.75 Å². The molecule has 0 aliphatic carbocycles. The number of aromatic hydroxyl groups is 1. The molecule has 0 bridgehead atoms. The molecule has 2 rings (SSSR count). The molecule has 0 spiro atoms. The lowest BCUT2D eigenvalue weighted by Gasteiger charge is -2.10. The Morgan fingerprint density at radius 2 is 1.95 bits per heavy atom. The van der Waals surface area contributed by atoms with Crippen molar-refractivity contribution in [2.24, 2.45) is 0 Å². The molecule has 5 nitrogen and oxygen atoms in total. The van der Waals surface area contributed by atoms with E-state index in [1.54, 1.807) is 24.3 Å². The Morgan fingerprint density at radius 3 is 2.62 bits per heavy atom. The quantitative estimate of drug-likeness (QED) is 0.847. The van der Waals surface area contributed by atoms with Crippen LogP contribution in [-0.4, -0.2) is 13.5 Å². The molecular formula is C14H11ClN2O3S. The van der Waals surface area contributed by atoms with E-state index in [1.807, 2.05) is 6.07 Å². The van der Waals surface area contributed by atoms with E-state index in [-0.39, 0.29) is 17.2 Å². The van der Waals surface area contributed by atoms with Crippen LogP contribution >= 0.6 is 11.6 Å². The summed E-state index contributed by atoms with van der Waals surface area (Å²) in [7, 11) is -3.76. The second kappa shape index (κ2) is 6.04. The zero-order valence-corrected chi connectivity index (χ0v) is 12.3. The van der Waals surface area contributed by atoms with Gasteiger partial charge in [-0.15, -0.1) is 0 Å². The molecule has 2 aromatic carbocycles. The van der Waals surface area contributed by atoms with Gasteiger partial charge in [-0.2, -0.15) is 5.26 Å². The largest absolute Gasteiger partial charge is 0.506 e. The lowest BCUT2D eigenvalue weighted by Crippen LogP contribution is -2.15. The third-order valence-corrected chi connectivity index (χ3v) is 4.17. The molecule has 0 radical (unpaired) electrons. The van der Waals surface area contributed by atoms with Crippen molar-refractivity contribution < 1.29 is 13.5 Å². The smallest absolute Gasteiger partial charge is 0.237 e. The number of phenols is 1. The number of hydrogen-bond acceptors (Lipinski definition) is 4. The summed E-state index contributed by atoms with van der Waals surface area (Å²) in [5.74, 6) is -0.627. The van der Waals surface area contributed by atoms with Gasteiger partial charge in [-0.05, 0) is 23.8 Å². The number of halogens is 1. The van der Waals surface area contributed by atoms with Crippen molar-refractivity contribution in [1.29, 1.82) is 5.26 Å². The number of anilines is 1. The maximum absolute atomic E-state index is 12.1. The third kappa shape index (κ3) is 3.88. The SMILES string of the molecule is N#Cc1ccccc1CS(=O)(=O)Nc1ccc(Cl)cc1O. The van der Waals surface area contributed by atoms with Gasteiger partial charge in [0.05, 0.1) is 23.1 Å². The molecule has 0 fully saturated rings. The van der Waals surface area contributed by atoms with Gasteiger partial charge in [-0.25, -0.2) is 8.42 Å². The number of phenolic OH excluding ortho intramolecular Hbond substituents is 1. The van der Waals surface area contributed by atoms with Gasteiger partial charge in [0.2, 0.25) is 10.0 Å². The van der Waals surface area contributed by atoms with E-state index in [4.69, 9.17) is 16.9 Å². The van der Waals surface area contributed by atoms with Crippen LogP contribution in [0.15, 0.2) is 42.5 Å². The van der Waals surface area contributed by atoms with E-state index in [9.17, 15) is 13.5 Å². The molecule has 21 heavy (non-hydrogen) atoms. The Balaban J connectivity index is 2.25. The summed E-state index contributed by atoms with van der Waals surface area (Å²) in [6.07, 6.45) is 0. The van der Waals surface area contributed by atoms with Crippen LogP contribution < -0.4 is 4.72 Å². The fourth-order valence-electron chi connectivity index (χ4n) is 1.75. The van der Waals surface area contributed by atoms with Crippen LogP contribution in [0.2, 0.25) is 5.02 Å². The Kier molecular flexibility index (Phi) is 4.36. The van der Waals surface area contributed by atoms with E-state index >= 15 is 0 Å². The predicted molar refractivity (Wildman–Crippen MR) is 80.5 cm³/mol. The van der Waals surface area contributed by atoms with Gasteiger partial charge < -0.3 is 5.11 Å². The van der Waals surface area contributed by atoms with Crippen molar-refractivity contribution in [2.75, 3.05) is 4.72 Å². The third-order valence-electron chi connectivity index (χ3n) is 2.71. The molecule has 0 aliphatic rings. The summed E-state index contributed by atoms with van der Waals surface area (Å²) in [6, 6.07) is 12.4.